The van der Waals surface area contributed by atoms with E-state index in [1.165, 1.54) is 6.08 Å². The number of allylic oxidation sites excluding steroid dienone is 1. The molecule has 0 saturated carbocycles. The lowest BCUT2D eigenvalue weighted by Crippen LogP contribution is -2.40. The second-order valence-electron chi connectivity index (χ2n) is 7.56. The Hall–Kier alpha value is -1.76. The summed E-state index contributed by atoms with van der Waals surface area (Å²) >= 11 is 0. The molecule has 27 heavy (non-hydrogen) atoms. The van der Waals surface area contributed by atoms with Crippen LogP contribution in [0.4, 0.5) is 4.39 Å². The number of hydrogen-bond acceptors (Lipinski definition) is 5. The molecular weight excluding hydrogens is 351 g/mol. The molecule has 0 radical (unpaired) electrons. The number of hydrogen-bond donors (Lipinski definition) is 1. The summed E-state index contributed by atoms with van der Waals surface area (Å²) in [7, 11) is 0. The third kappa shape index (κ3) is 6.13. The second kappa shape index (κ2) is 9.44. The van der Waals surface area contributed by atoms with Crippen LogP contribution in [0.2, 0.25) is 0 Å². The van der Waals surface area contributed by atoms with Gasteiger partial charge in [0.05, 0.1) is 11.7 Å². The molecule has 1 saturated heterocycles. The molecule has 1 fully saturated rings. The van der Waals surface area contributed by atoms with Crippen LogP contribution in [0.3, 0.4) is 0 Å². The zero-order valence-electron chi connectivity index (χ0n) is 16.4. The van der Waals surface area contributed by atoms with Crippen LogP contribution >= 0.6 is 0 Å². The molecule has 1 aromatic carbocycles. The molecule has 3 atom stereocenters. The Morgan fingerprint density at radius 1 is 1.30 bits per heavy atom. The molecular formula is C21H29FO5. The van der Waals surface area contributed by atoms with Crippen LogP contribution in [0.1, 0.15) is 50.9 Å². The van der Waals surface area contributed by atoms with Gasteiger partial charge in [0, 0.05) is 6.61 Å². The summed E-state index contributed by atoms with van der Waals surface area (Å²) < 4.78 is 32.2. The highest BCUT2D eigenvalue weighted by atomic mass is 19.1. The summed E-state index contributed by atoms with van der Waals surface area (Å²) in [4.78, 5) is 12.5. The van der Waals surface area contributed by atoms with Crippen molar-refractivity contribution in [3.8, 4) is 0 Å². The van der Waals surface area contributed by atoms with E-state index in [2.05, 4.69) is 0 Å². The van der Waals surface area contributed by atoms with Crippen LogP contribution in [0, 0.1) is 5.92 Å². The van der Waals surface area contributed by atoms with Crippen molar-refractivity contribution in [1.82, 2.24) is 0 Å². The predicted molar refractivity (Wildman–Crippen MR) is 99.8 cm³/mol. The third-order valence-corrected chi connectivity index (χ3v) is 4.23. The van der Waals surface area contributed by atoms with Gasteiger partial charge in [-0.1, -0.05) is 32.0 Å². The van der Waals surface area contributed by atoms with Gasteiger partial charge in [-0.05, 0) is 50.8 Å². The predicted octanol–water partition coefficient (Wildman–Crippen LogP) is 4.01. The van der Waals surface area contributed by atoms with Crippen LogP contribution in [-0.2, 0) is 14.2 Å². The first kappa shape index (κ1) is 21.5. The normalized spacial score (nSPS) is 23.4. The maximum atomic E-state index is 15.0. The number of aliphatic hydroxyl groups excluding tert-OH is 1. The molecule has 0 bridgehead atoms. The van der Waals surface area contributed by atoms with E-state index in [-0.39, 0.29) is 18.9 Å². The fraction of sp³-hybridized carbons (Fsp3) is 0.571. The summed E-state index contributed by atoms with van der Waals surface area (Å²) in [6.07, 6.45) is -0.481. The van der Waals surface area contributed by atoms with Crippen molar-refractivity contribution in [2.24, 2.45) is 5.92 Å². The number of carbonyl (C=O) groups is 1. The molecule has 5 nitrogen and oxygen atoms in total. The first-order chi connectivity index (χ1) is 12.7. The van der Waals surface area contributed by atoms with Gasteiger partial charge in [0.2, 0.25) is 0 Å². The number of aliphatic hydroxyl groups is 1. The third-order valence-electron chi connectivity index (χ3n) is 4.23. The number of esters is 1. The van der Waals surface area contributed by atoms with E-state index in [0.717, 1.165) is 0 Å². The smallest absolute Gasteiger partial charge is 0.338 e. The topological polar surface area (TPSA) is 65.0 Å². The number of halogens is 1. The SMILES string of the molecule is CC(C)C/C=C(/F)C(OC(=O)c1ccccc1)[C@H]1OC(C)(C)O[C@H]1CCO. The summed E-state index contributed by atoms with van der Waals surface area (Å²) in [5, 5.41) is 9.32. The Morgan fingerprint density at radius 2 is 1.96 bits per heavy atom. The second-order valence-corrected chi connectivity index (χ2v) is 7.56. The number of rotatable bonds is 8. The summed E-state index contributed by atoms with van der Waals surface area (Å²) in [5.74, 6) is -1.90. The molecule has 150 valence electrons. The van der Waals surface area contributed by atoms with Gasteiger partial charge in [0.15, 0.2) is 11.9 Å². The Morgan fingerprint density at radius 3 is 2.56 bits per heavy atom. The highest BCUT2D eigenvalue weighted by molar-refractivity contribution is 5.89. The lowest BCUT2D eigenvalue weighted by atomic mass is 10.0. The molecule has 2 rings (SSSR count). The molecule has 0 aliphatic carbocycles. The minimum absolute atomic E-state index is 0.142. The molecule has 1 aliphatic heterocycles. The van der Waals surface area contributed by atoms with Crippen molar-refractivity contribution >= 4 is 5.97 Å². The molecule has 0 aromatic heterocycles. The Bertz CT molecular complexity index is 641. The van der Waals surface area contributed by atoms with Crippen molar-refractivity contribution in [2.75, 3.05) is 6.61 Å². The molecule has 1 heterocycles. The molecule has 1 aliphatic rings. The highest BCUT2D eigenvalue weighted by Crippen LogP contribution is 2.35. The van der Waals surface area contributed by atoms with Crippen molar-refractivity contribution in [3.05, 3.63) is 47.8 Å². The van der Waals surface area contributed by atoms with Gasteiger partial charge in [0.1, 0.15) is 11.9 Å². The van der Waals surface area contributed by atoms with E-state index in [0.29, 0.717) is 12.0 Å². The zero-order chi connectivity index (χ0) is 20.0. The van der Waals surface area contributed by atoms with E-state index < -0.39 is 35.9 Å². The summed E-state index contributed by atoms with van der Waals surface area (Å²) in [6, 6.07) is 8.42. The lowest BCUT2D eigenvalue weighted by Gasteiger charge is -2.25. The monoisotopic (exact) mass is 380 g/mol. The average Bonchev–Trinajstić information content (AvgIpc) is 2.92. The Labute approximate surface area is 160 Å². The molecule has 0 amide bonds. The Balaban J connectivity index is 2.28. The van der Waals surface area contributed by atoms with Gasteiger partial charge in [-0.25, -0.2) is 9.18 Å². The first-order valence-corrected chi connectivity index (χ1v) is 9.31. The van der Waals surface area contributed by atoms with Crippen LogP contribution in [0.5, 0.6) is 0 Å². The van der Waals surface area contributed by atoms with E-state index in [1.54, 1.807) is 44.2 Å². The van der Waals surface area contributed by atoms with Crippen LogP contribution < -0.4 is 0 Å². The Kier molecular flexibility index (Phi) is 7.53. The molecule has 1 N–H and O–H groups in total. The van der Waals surface area contributed by atoms with Crippen molar-refractivity contribution in [2.45, 2.75) is 64.6 Å². The quantitative estimate of drug-likeness (QED) is 0.690. The van der Waals surface area contributed by atoms with E-state index in [4.69, 9.17) is 14.2 Å². The highest BCUT2D eigenvalue weighted by Gasteiger charge is 2.47. The van der Waals surface area contributed by atoms with Crippen molar-refractivity contribution < 1.29 is 28.5 Å². The van der Waals surface area contributed by atoms with Crippen molar-refractivity contribution in [3.63, 3.8) is 0 Å². The van der Waals surface area contributed by atoms with Gasteiger partial charge in [-0.3, -0.25) is 0 Å². The van der Waals surface area contributed by atoms with Crippen molar-refractivity contribution in [1.29, 1.82) is 0 Å². The van der Waals surface area contributed by atoms with Gasteiger partial charge < -0.3 is 19.3 Å². The fourth-order valence-electron chi connectivity index (χ4n) is 2.97. The van der Waals surface area contributed by atoms with Crippen LogP contribution in [0.15, 0.2) is 42.2 Å². The van der Waals surface area contributed by atoms with Gasteiger partial charge in [-0.15, -0.1) is 0 Å². The number of carbonyl (C=O) groups excluding carboxylic acids is 1. The lowest BCUT2D eigenvalue weighted by molar-refractivity contribution is -0.154. The van der Waals surface area contributed by atoms with Gasteiger partial charge >= 0.3 is 5.97 Å². The average molecular weight is 380 g/mol. The van der Waals surface area contributed by atoms with Gasteiger partial charge in [0.25, 0.3) is 0 Å². The minimum atomic E-state index is -1.24. The molecule has 1 aromatic rings. The van der Waals surface area contributed by atoms with Gasteiger partial charge in [-0.2, -0.15) is 0 Å². The molecule has 1 unspecified atom stereocenters. The summed E-state index contributed by atoms with van der Waals surface area (Å²) in [6.45, 7) is 7.23. The molecule has 6 heteroatoms. The maximum Gasteiger partial charge on any atom is 0.338 e. The van der Waals surface area contributed by atoms with E-state index in [1.807, 2.05) is 13.8 Å². The standard InChI is InChI=1S/C21H29FO5/c1-14(2)10-11-16(22)18(25-20(24)15-8-6-5-7-9-15)19-17(12-13-23)26-21(3,4)27-19/h5-9,11,14,17-19,23H,10,12-13H2,1-4H3/b16-11+/t17-,18?,19-/m0/s1. The number of ether oxygens (including phenoxy) is 3. The van der Waals surface area contributed by atoms with Crippen LogP contribution in [0.25, 0.3) is 0 Å². The zero-order valence-corrected chi connectivity index (χ0v) is 16.4. The first-order valence-electron chi connectivity index (χ1n) is 9.31. The largest absolute Gasteiger partial charge is 0.449 e. The fourth-order valence-corrected chi connectivity index (χ4v) is 2.97. The van der Waals surface area contributed by atoms with Crippen LogP contribution in [-0.4, -0.2) is 41.8 Å². The van der Waals surface area contributed by atoms with E-state index >= 15 is 4.39 Å². The summed E-state index contributed by atoms with van der Waals surface area (Å²) in [5.41, 5.74) is 0.330. The molecule has 0 spiro atoms. The number of benzene rings is 1. The van der Waals surface area contributed by atoms with E-state index in [9.17, 15) is 9.90 Å². The maximum absolute atomic E-state index is 15.0. The minimum Gasteiger partial charge on any atom is -0.449 e.